The Kier molecular flexibility index (Phi) is 2.13. The normalized spacial score (nSPS) is 21.2. The van der Waals surface area contributed by atoms with Crippen molar-refractivity contribution in [1.82, 2.24) is 0 Å². The van der Waals surface area contributed by atoms with Gasteiger partial charge in [0.05, 0.1) is 0 Å². The van der Waals surface area contributed by atoms with Gasteiger partial charge in [-0.1, -0.05) is 36.4 Å². The zero-order valence-electron chi connectivity index (χ0n) is 7.14. The van der Waals surface area contributed by atoms with Gasteiger partial charge in [0.25, 0.3) is 0 Å². The van der Waals surface area contributed by atoms with E-state index in [9.17, 15) is 4.79 Å². The quantitative estimate of drug-likeness (QED) is 0.610. The minimum atomic E-state index is -0.250. The molecule has 1 aromatic rings. The molecule has 0 saturated heterocycles. The second kappa shape index (κ2) is 3.44. The SMILES string of the molecule is O=C1C=CC[C@H](c2ccccc2)O1. The summed E-state index contributed by atoms with van der Waals surface area (Å²) < 4.78 is 5.15. The Hall–Kier alpha value is -1.57. The van der Waals surface area contributed by atoms with Gasteiger partial charge in [0, 0.05) is 12.5 Å². The van der Waals surface area contributed by atoms with Gasteiger partial charge in [0.1, 0.15) is 6.10 Å². The van der Waals surface area contributed by atoms with Crippen LogP contribution in [0.5, 0.6) is 0 Å². The van der Waals surface area contributed by atoms with Crippen LogP contribution in [-0.2, 0) is 9.53 Å². The summed E-state index contributed by atoms with van der Waals surface area (Å²) in [4.78, 5) is 10.9. The fourth-order valence-corrected chi connectivity index (χ4v) is 1.39. The Labute approximate surface area is 76.8 Å². The fraction of sp³-hybridized carbons (Fsp3) is 0.182. The van der Waals surface area contributed by atoms with E-state index in [-0.39, 0.29) is 12.1 Å². The maximum Gasteiger partial charge on any atom is 0.331 e. The van der Waals surface area contributed by atoms with E-state index in [0.717, 1.165) is 12.0 Å². The van der Waals surface area contributed by atoms with Crippen molar-refractivity contribution < 1.29 is 9.53 Å². The van der Waals surface area contributed by atoms with E-state index in [1.54, 1.807) is 0 Å². The lowest BCUT2D eigenvalue weighted by atomic mass is 10.1. The minimum absolute atomic E-state index is 0.0984. The van der Waals surface area contributed by atoms with E-state index >= 15 is 0 Å². The highest BCUT2D eigenvalue weighted by Crippen LogP contribution is 2.24. The van der Waals surface area contributed by atoms with Crippen LogP contribution in [0.4, 0.5) is 0 Å². The summed E-state index contributed by atoms with van der Waals surface area (Å²) in [6.07, 6.45) is 4.00. The van der Waals surface area contributed by atoms with Gasteiger partial charge in [-0.25, -0.2) is 4.79 Å². The maximum atomic E-state index is 10.9. The number of cyclic esters (lactones) is 1. The van der Waals surface area contributed by atoms with Crippen LogP contribution < -0.4 is 0 Å². The molecule has 0 aromatic heterocycles. The molecule has 0 saturated carbocycles. The third-order valence-corrected chi connectivity index (χ3v) is 2.03. The summed E-state index contributed by atoms with van der Waals surface area (Å²) in [7, 11) is 0. The summed E-state index contributed by atoms with van der Waals surface area (Å²) in [5, 5.41) is 0. The van der Waals surface area contributed by atoms with E-state index in [4.69, 9.17) is 4.74 Å². The molecule has 0 spiro atoms. The molecule has 0 unspecified atom stereocenters. The monoisotopic (exact) mass is 174 g/mol. The van der Waals surface area contributed by atoms with E-state index in [2.05, 4.69) is 0 Å². The summed E-state index contributed by atoms with van der Waals surface area (Å²) in [5.74, 6) is -0.250. The average Bonchev–Trinajstić information content (AvgIpc) is 2.19. The summed E-state index contributed by atoms with van der Waals surface area (Å²) >= 11 is 0. The standard InChI is InChI=1S/C11H10O2/c12-11-8-4-7-10(13-11)9-5-2-1-3-6-9/h1-6,8,10H,7H2/t10-/m1/s1. The van der Waals surface area contributed by atoms with Gasteiger partial charge in [-0.2, -0.15) is 0 Å². The van der Waals surface area contributed by atoms with Crippen LogP contribution in [0.25, 0.3) is 0 Å². The number of carbonyl (C=O) groups is 1. The summed E-state index contributed by atoms with van der Waals surface area (Å²) in [6.45, 7) is 0. The van der Waals surface area contributed by atoms with Gasteiger partial charge < -0.3 is 4.74 Å². The van der Waals surface area contributed by atoms with Crippen LogP contribution in [0.3, 0.4) is 0 Å². The van der Waals surface area contributed by atoms with Crippen molar-refractivity contribution in [2.45, 2.75) is 12.5 Å². The van der Waals surface area contributed by atoms with E-state index < -0.39 is 0 Å². The average molecular weight is 174 g/mol. The molecular formula is C11H10O2. The number of hydrogen-bond donors (Lipinski definition) is 0. The Morgan fingerprint density at radius 1 is 1.23 bits per heavy atom. The molecular weight excluding hydrogens is 164 g/mol. The van der Waals surface area contributed by atoms with Gasteiger partial charge in [-0.05, 0) is 5.56 Å². The Morgan fingerprint density at radius 3 is 2.69 bits per heavy atom. The second-order valence-corrected chi connectivity index (χ2v) is 2.97. The molecule has 1 heterocycles. The molecule has 1 aliphatic heterocycles. The van der Waals surface area contributed by atoms with Crippen molar-refractivity contribution >= 4 is 5.97 Å². The fourth-order valence-electron chi connectivity index (χ4n) is 1.39. The van der Waals surface area contributed by atoms with Crippen molar-refractivity contribution in [3.8, 4) is 0 Å². The van der Waals surface area contributed by atoms with Crippen LogP contribution in [0, 0.1) is 0 Å². The lowest BCUT2D eigenvalue weighted by molar-refractivity contribution is -0.144. The van der Waals surface area contributed by atoms with Gasteiger partial charge in [0.15, 0.2) is 0 Å². The van der Waals surface area contributed by atoms with Gasteiger partial charge in [0.2, 0.25) is 0 Å². The zero-order chi connectivity index (χ0) is 9.10. The molecule has 1 aliphatic rings. The maximum absolute atomic E-state index is 10.9. The molecule has 0 fully saturated rings. The van der Waals surface area contributed by atoms with E-state index in [0.29, 0.717) is 0 Å². The molecule has 0 radical (unpaired) electrons. The molecule has 1 aromatic carbocycles. The first-order chi connectivity index (χ1) is 6.36. The van der Waals surface area contributed by atoms with Crippen LogP contribution in [0.15, 0.2) is 42.5 Å². The molecule has 0 N–H and O–H groups in total. The van der Waals surface area contributed by atoms with Crippen LogP contribution in [0.2, 0.25) is 0 Å². The Balaban J connectivity index is 2.19. The first-order valence-corrected chi connectivity index (χ1v) is 4.28. The zero-order valence-corrected chi connectivity index (χ0v) is 7.14. The number of carbonyl (C=O) groups excluding carboxylic acids is 1. The molecule has 13 heavy (non-hydrogen) atoms. The number of hydrogen-bond acceptors (Lipinski definition) is 2. The smallest absolute Gasteiger partial charge is 0.331 e. The van der Waals surface area contributed by atoms with Crippen molar-refractivity contribution in [1.29, 1.82) is 0 Å². The van der Waals surface area contributed by atoms with Gasteiger partial charge in [-0.15, -0.1) is 0 Å². The van der Waals surface area contributed by atoms with Crippen LogP contribution >= 0.6 is 0 Å². The minimum Gasteiger partial charge on any atom is -0.454 e. The number of benzene rings is 1. The third-order valence-electron chi connectivity index (χ3n) is 2.03. The van der Waals surface area contributed by atoms with Crippen LogP contribution in [0.1, 0.15) is 18.1 Å². The highest BCUT2D eigenvalue weighted by atomic mass is 16.5. The first kappa shape index (κ1) is 8.05. The highest BCUT2D eigenvalue weighted by molar-refractivity contribution is 5.82. The number of esters is 1. The summed E-state index contributed by atoms with van der Waals surface area (Å²) in [6, 6.07) is 9.78. The van der Waals surface area contributed by atoms with Gasteiger partial charge >= 0.3 is 5.97 Å². The molecule has 0 bridgehead atoms. The lowest BCUT2D eigenvalue weighted by Crippen LogP contribution is -2.12. The highest BCUT2D eigenvalue weighted by Gasteiger charge is 2.16. The molecule has 0 amide bonds. The Bertz CT molecular complexity index is 327. The largest absolute Gasteiger partial charge is 0.454 e. The molecule has 66 valence electrons. The Morgan fingerprint density at radius 2 is 2.00 bits per heavy atom. The first-order valence-electron chi connectivity index (χ1n) is 4.28. The van der Waals surface area contributed by atoms with Gasteiger partial charge in [-0.3, -0.25) is 0 Å². The van der Waals surface area contributed by atoms with E-state index in [1.807, 2.05) is 36.4 Å². The second-order valence-electron chi connectivity index (χ2n) is 2.97. The van der Waals surface area contributed by atoms with Crippen LogP contribution in [-0.4, -0.2) is 5.97 Å². The lowest BCUT2D eigenvalue weighted by Gasteiger charge is -2.18. The molecule has 2 nitrogen and oxygen atoms in total. The van der Waals surface area contributed by atoms with E-state index in [1.165, 1.54) is 6.08 Å². The summed E-state index contributed by atoms with van der Waals surface area (Å²) in [5.41, 5.74) is 1.06. The number of rotatable bonds is 1. The van der Waals surface area contributed by atoms with Crippen molar-refractivity contribution in [2.75, 3.05) is 0 Å². The predicted molar refractivity (Wildman–Crippen MR) is 49.0 cm³/mol. The topological polar surface area (TPSA) is 26.3 Å². The molecule has 1 atom stereocenters. The molecule has 2 rings (SSSR count). The third kappa shape index (κ3) is 1.78. The van der Waals surface area contributed by atoms with Crippen molar-refractivity contribution in [3.05, 3.63) is 48.0 Å². The molecule has 2 heteroatoms. The molecule has 0 aliphatic carbocycles. The van der Waals surface area contributed by atoms with Crippen molar-refractivity contribution in [3.63, 3.8) is 0 Å². The van der Waals surface area contributed by atoms with Crippen molar-refractivity contribution in [2.24, 2.45) is 0 Å². The number of ether oxygens (including phenoxy) is 1. The predicted octanol–water partition coefficient (Wildman–Crippen LogP) is 2.23.